The molecular formula is C20H32F3IN4O3. The number of rotatable bonds is 9. The van der Waals surface area contributed by atoms with Gasteiger partial charge in [0.1, 0.15) is 12.2 Å². The molecule has 1 aromatic rings. The highest BCUT2D eigenvalue weighted by atomic mass is 127. The van der Waals surface area contributed by atoms with Gasteiger partial charge in [-0.05, 0) is 51.3 Å². The van der Waals surface area contributed by atoms with Crippen LogP contribution in [0.15, 0.2) is 29.3 Å². The van der Waals surface area contributed by atoms with Gasteiger partial charge in [0, 0.05) is 32.4 Å². The summed E-state index contributed by atoms with van der Waals surface area (Å²) >= 11 is 0. The Morgan fingerprint density at radius 1 is 1.06 bits per heavy atom. The molecule has 7 nitrogen and oxygen atoms in total. The molecule has 0 fully saturated rings. The summed E-state index contributed by atoms with van der Waals surface area (Å²) in [6, 6.07) is 7.41. The summed E-state index contributed by atoms with van der Waals surface area (Å²) in [5, 5.41) is 8.83. The Hall–Kier alpha value is -1.76. The lowest BCUT2D eigenvalue weighted by atomic mass is 10.1. The Morgan fingerprint density at radius 2 is 1.68 bits per heavy atom. The van der Waals surface area contributed by atoms with E-state index < -0.39 is 24.5 Å². The van der Waals surface area contributed by atoms with E-state index in [2.05, 4.69) is 25.7 Å². The number of aliphatic imine (C=N–C) groups is 1. The van der Waals surface area contributed by atoms with Crippen LogP contribution < -0.4 is 16.0 Å². The fourth-order valence-electron chi connectivity index (χ4n) is 2.29. The van der Waals surface area contributed by atoms with E-state index in [1.165, 1.54) is 0 Å². The predicted molar refractivity (Wildman–Crippen MR) is 126 cm³/mol. The van der Waals surface area contributed by atoms with Crippen molar-refractivity contribution in [2.45, 2.75) is 45.4 Å². The van der Waals surface area contributed by atoms with Gasteiger partial charge in [-0.3, -0.25) is 10.3 Å². The second-order valence-electron chi connectivity index (χ2n) is 7.52. The molecule has 1 amide bonds. The molecule has 0 bridgehead atoms. The van der Waals surface area contributed by atoms with Crippen LogP contribution in [-0.2, 0) is 15.9 Å². The Morgan fingerprint density at radius 3 is 2.23 bits per heavy atom. The minimum atomic E-state index is -4.30. The highest BCUT2D eigenvalue weighted by Gasteiger charge is 2.27. The van der Waals surface area contributed by atoms with E-state index in [4.69, 9.17) is 4.74 Å². The first-order chi connectivity index (χ1) is 14.0. The van der Waals surface area contributed by atoms with Gasteiger partial charge in [-0.25, -0.2) is 4.79 Å². The van der Waals surface area contributed by atoms with E-state index in [0.717, 1.165) is 12.0 Å². The lowest BCUT2D eigenvalue weighted by Gasteiger charge is -2.19. The number of alkyl halides is 3. The highest BCUT2D eigenvalue weighted by molar-refractivity contribution is 14.0. The molecule has 0 aliphatic carbocycles. The van der Waals surface area contributed by atoms with Crippen molar-refractivity contribution in [2.75, 3.05) is 38.7 Å². The SMILES string of the molecule is CN=C(NCCCOCC(F)(F)F)NCCc1ccc(NC(=O)OC(C)(C)C)cc1.I. The van der Waals surface area contributed by atoms with E-state index in [1.807, 2.05) is 12.1 Å². The molecule has 178 valence electrons. The van der Waals surface area contributed by atoms with Crippen molar-refractivity contribution in [1.82, 2.24) is 10.6 Å². The largest absolute Gasteiger partial charge is 0.444 e. The zero-order valence-electron chi connectivity index (χ0n) is 18.3. The molecule has 0 atom stereocenters. The summed E-state index contributed by atoms with van der Waals surface area (Å²) < 4.78 is 45.7. The van der Waals surface area contributed by atoms with Crippen molar-refractivity contribution < 1.29 is 27.4 Å². The van der Waals surface area contributed by atoms with Gasteiger partial charge >= 0.3 is 12.3 Å². The fraction of sp³-hybridized carbons (Fsp3) is 0.600. The normalized spacial score (nSPS) is 12.0. The van der Waals surface area contributed by atoms with Crippen molar-refractivity contribution in [3.8, 4) is 0 Å². The molecule has 3 N–H and O–H groups in total. The Bertz CT molecular complexity index is 678. The van der Waals surface area contributed by atoms with Gasteiger partial charge in [0.25, 0.3) is 0 Å². The van der Waals surface area contributed by atoms with Gasteiger partial charge in [-0.2, -0.15) is 13.2 Å². The maximum Gasteiger partial charge on any atom is 0.412 e. The van der Waals surface area contributed by atoms with Crippen molar-refractivity contribution in [3.05, 3.63) is 29.8 Å². The predicted octanol–water partition coefficient (Wildman–Crippen LogP) is 4.33. The molecular weight excluding hydrogens is 528 g/mol. The lowest BCUT2D eigenvalue weighted by molar-refractivity contribution is -0.173. The molecule has 0 radical (unpaired) electrons. The van der Waals surface area contributed by atoms with Crippen LogP contribution in [-0.4, -0.2) is 57.2 Å². The number of halogens is 4. The fourth-order valence-corrected chi connectivity index (χ4v) is 2.29. The van der Waals surface area contributed by atoms with Crippen molar-refractivity contribution in [2.24, 2.45) is 4.99 Å². The Labute approximate surface area is 198 Å². The lowest BCUT2D eigenvalue weighted by Crippen LogP contribution is -2.39. The van der Waals surface area contributed by atoms with Gasteiger partial charge in [0.2, 0.25) is 0 Å². The zero-order chi connectivity index (χ0) is 22.6. The van der Waals surface area contributed by atoms with E-state index in [9.17, 15) is 18.0 Å². The van der Waals surface area contributed by atoms with E-state index >= 15 is 0 Å². The smallest absolute Gasteiger partial charge is 0.412 e. The van der Waals surface area contributed by atoms with Crippen molar-refractivity contribution >= 4 is 41.7 Å². The number of carbonyl (C=O) groups excluding carboxylic acids is 1. The van der Waals surface area contributed by atoms with Crippen LogP contribution in [0, 0.1) is 0 Å². The van der Waals surface area contributed by atoms with Crippen molar-refractivity contribution in [3.63, 3.8) is 0 Å². The van der Waals surface area contributed by atoms with Gasteiger partial charge < -0.3 is 20.1 Å². The second-order valence-corrected chi connectivity index (χ2v) is 7.52. The minimum Gasteiger partial charge on any atom is -0.444 e. The maximum atomic E-state index is 12.0. The van der Waals surface area contributed by atoms with Crippen LogP contribution in [0.1, 0.15) is 32.8 Å². The van der Waals surface area contributed by atoms with Crippen LogP contribution in [0.2, 0.25) is 0 Å². The number of hydrogen-bond donors (Lipinski definition) is 3. The summed E-state index contributed by atoms with van der Waals surface area (Å²) in [7, 11) is 1.62. The number of nitrogens with one attached hydrogen (secondary N) is 3. The first-order valence-electron chi connectivity index (χ1n) is 9.66. The van der Waals surface area contributed by atoms with Gasteiger partial charge in [-0.15, -0.1) is 24.0 Å². The van der Waals surface area contributed by atoms with Gasteiger partial charge in [0.05, 0.1) is 0 Å². The standard InChI is InChI=1S/C20H31F3N4O3.HI/c1-19(2,3)30-18(28)27-16-8-6-15(7-9-16)10-12-26-17(24-4)25-11-5-13-29-14-20(21,22)23;/h6-9H,5,10-14H2,1-4H3,(H,27,28)(H2,24,25,26);1H. The summed E-state index contributed by atoms with van der Waals surface area (Å²) in [4.78, 5) is 15.8. The third-order valence-electron chi connectivity index (χ3n) is 3.55. The monoisotopic (exact) mass is 560 g/mol. The zero-order valence-corrected chi connectivity index (χ0v) is 20.6. The third kappa shape index (κ3) is 15.7. The molecule has 0 spiro atoms. The highest BCUT2D eigenvalue weighted by Crippen LogP contribution is 2.14. The number of nitrogens with zero attached hydrogens (tertiary/aromatic N) is 1. The van der Waals surface area contributed by atoms with Gasteiger partial charge in [0.15, 0.2) is 5.96 Å². The number of guanidine groups is 1. The summed E-state index contributed by atoms with van der Waals surface area (Å²) in [6.07, 6.45) is -3.64. The molecule has 0 saturated heterocycles. The Balaban J connectivity index is 0.00000900. The van der Waals surface area contributed by atoms with Crippen LogP contribution in [0.4, 0.5) is 23.7 Å². The van der Waals surface area contributed by atoms with E-state index in [-0.39, 0.29) is 30.6 Å². The Kier molecular flexibility index (Phi) is 13.5. The number of amides is 1. The maximum absolute atomic E-state index is 12.0. The average Bonchev–Trinajstić information content (AvgIpc) is 2.62. The third-order valence-corrected chi connectivity index (χ3v) is 3.55. The molecule has 0 aliphatic heterocycles. The van der Waals surface area contributed by atoms with Crippen LogP contribution >= 0.6 is 24.0 Å². The number of ether oxygens (including phenoxy) is 2. The van der Waals surface area contributed by atoms with E-state index in [0.29, 0.717) is 31.2 Å². The molecule has 0 unspecified atom stereocenters. The van der Waals surface area contributed by atoms with Crippen molar-refractivity contribution in [1.29, 1.82) is 0 Å². The van der Waals surface area contributed by atoms with Crippen LogP contribution in [0.5, 0.6) is 0 Å². The van der Waals surface area contributed by atoms with E-state index in [1.54, 1.807) is 40.0 Å². The molecule has 31 heavy (non-hydrogen) atoms. The minimum absolute atomic E-state index is 0. The summed E-state index contributed by atoms with van der Waals surface area (Å²) in [5.74, 6) is 0.564. The van der Waals surface area contributed by atoms with Crippen LogP contribution in [0.25, 0.3) is 0 Å². The van der Waals surface area contributed by atoms with Crippen LogP contribution in [0.3, 0.4) is 0 Å². The quantitative estimate of drug-likeness (QED) is 0.181. The number of anilines is 1. The average molecular weight is 560 g/mol. The molecule has 0 saturated carbocycles. The summed E-state index contributed by atoms with van der Waals surface area (Å²) in [5.41, 5.74) is 1.15. The molecule has 11 heteroatoms. The second kappa shape index (κ2) is 14.3. The topological polar surface area (TPSA) is 84.0 Å². The molecule has 0 aliphatic rings. The molecule has 1 aromatic carbocycles. The number of carbonyl (C=O) groups is 1. The first-order valence-corrected chi connectivity index (χ1v) is 9.66. The summed E-state index contributed by atoms with van der Waals surface area (Å²) in [6.45, 7) is 5.25. The molecule has 1 rings (SSSR count). The van der Waals surface area contributed by atoms with Gasteiger partial charge in [-0.1, -0.05) is 12.1 Å². The molecule has 0 heterocycles. The first kappa shape index (κ1) is 29.2. The molecule has 0 aromatic heterocycles. The number of benzene rings is 1. The number of hydrogen-bond acceptors (Lipinski definition) is 4.